The molecular formula is C8H2ClF5N2O4. The predicted octanol–water partition coefficient (Wildman–Crippen LogP) is 3.21. The third-order valence-corrected chi connectivity index (χ3v) is 2.04. The first-order chi connectivity index (χ1) is 9.03. The number of alkyl halides is 5. The molecule has 0 spiro atoms. The monoisotopic (exact) mass is 320 g/mol. The van der Waals surface area contributed by atoms with Gasteiger partial charge in [-0.25, -0.2) is 8.78 Å². The molecular weight excluding hydrogens is 319 g/mol. The average Bonchev–Trinajstić information content (AvgIpc) is 2.24. The van der Waals surface area contributed by atoms with E-state index in [-0.39, 0.29) is 6.07 Å². The van der Waals surface area contributed by atoms with Crippen molar-refractivity contribution < 1.29 is 36.4 Å². The normalized spacial score (nSPS) is 11.6. The lowest BCUT2D eigenvalue weighted by Gasteiger charge is -2.09. The van der Waals surface area contributed by atoms with Crippen LogP contribution in [0.1, 0.15) is 22.3 Å². The Morgan fingerprint density at radius 2 is 2.00 bits per heavy atom. The van der Waals surface area contributed by atoms with Crippen LogP contribution in [0.5, 0.6) is 5.88 Å². The van der Waals surface area contributed by atoms with Crippen LogP contribution in [-0.2, 0) is 0 Å². The number of rotatable bonds is 4. The van der Waals surface area contributed by atoms with E-state index in [4.69, 9.17) is 11.6 Å². The first-order valence-electron chi connectivity index (χ1n) is 4.46. The van der Waals surface area contributed by atoms with Gasteiger partial charge in [-0.15, -0.1) is 13.2 Å². The Bertz CT molecular complexity index is 527. The number of nitrogens with zero attached hydrogens (tertiary/aromatic N) is 2. The van der Waals surface area contributed by atoms with Crippen LogP contribution in [0.4, 0.5) is 27.8 Å². The van der Waals surface area contributed by atoms with E-state index in [1.807, 2.05) is 0 Å². The summed E-state index contributed by atoms with van der Waals surface area (Å²) in [5, 5.41) is 8.92. The van der Waals surface area contributed by atoms with Crippen LogP contribution in [-0.4, -0.2) is 21.5 Å². The van der Waals surface area contributed by atoms with Crippen molar-refractivity contribution in [1.82, 2.24) is 4.98 Å². The molecule has 0 unspecified atom stereocenters. The summed E-state index contributed by atoms with van der Waals surface area (Å²) in [6.07, 6.45) is -8.82. The molecule has 110 valence electrons. The molecule has 0 aliphatic heterocycles. The molecule has 1 rings (SSSR count). The number of carbonyl (C=O) groups excluding carboxylic acids is 1. The minimum Gasteiger partial charge on any atom is -0.366 e. The van der Waals surface area contributed by atoms with Crippen LogP contribution in [0, 0.1) is 10.1 Å². The fourth-order valence-electron chi connectivity index (χ4n) is 1.21. The first-order valence-corrected chi connectivity index (χ1v) is 4.83. The number of hydrogen-bond donors (Lipinski definition) is 0. The topological polar surface area (TPSA) is 82.3 Å². The van der Waals surface area contributed by atoms with Crippen molar-refractivity contribution in [2.24, 2.45) is 0 Å². The molecule has 20 heavy (non-hydrogen) atoms. The van der Waals surface area contributed by atoms with Crippen molar-refractivity contribution in [2.75, 3.05) is 0 Å². The summed E-state index contributed by atoms with van der Waals surface area (Å²) in [6.45, 7) is 0. The van der Waals surface area contributed by atoms with Gasteiger partial charge in [0.15, 0.2) is 0 Å². The number of carbonyl (C=O) groups is 1. The molecule has 1 aromatic heterocycles. The molecule has 1 heterocycles. The second-order valence-corrected chi connectivity index (χ2v) is 3.47. The highest BCUT2D eigenvalue weighted by molar-refractivity contribution is 6.68. The molecule has 0 saturated heterocycles. The van der Waals surface area contributed by atoms with E-state index in [0.29, 0.717) is 0 Å². The molecule has 1 aromatic rings. The van der Waals surface area contributed by atoms with Crippen LogP contribution in [0.15, 0.2) is 6.07 Å². The summed E-state index contributed by atoms with van der Waals surface area (Å²) in [7, 11) is 0. The number of hydrogen-bond acceptors (Lipinski definition) is 5. The van der Waals surface area contributed by atoms with Crippen LogP contribution in [0.3, 0.4) is 0 Å². The van der Waals surface area contributed by atoms with Gasteiger partial charge in [-0.1, -0.05) is 0 Å². The van der Waals surface area contributed by atoms with E-state index < -0.39 is 45.8 Å². The highest BCUT2D eigenvalue weighted by Gasteiger charge is 2.37. The lowest BCUT2D eigenvalue weighted by atomic mass is 10.1. The molecule has 0 bridgehead atoms. The largest absolute Gasteiger partial charge is 0.575 e. The van der Waals surface area contributed by atoms with E-state index in [1.165, 1.54) is 0 Å². The molecule has 0 aliphatic carbocycles. The van der Waals surface area contributed by atoms with Gasteiger partial charge in [0.2, 0.25) is 0 Å². The van der Waals surface area contributed by atoms with E-state index in [0.717, 1.165) is 0 Å². The Morgan fingerprint density at radius 3 is 2.35 bits per heavy atom. The van der Waals surface area contributed by atoms with Crippen LogP contribution in [0.2, 0.25) is 0 Å². The van der Waals surface area contributed by atoms with Crippen LogP contribution >= 0.6 is 11.6 Å². The molecule has 6 nitrogen and oxygen atoms in total. The van der Waals surface area contributed by atoms with Gasteiger partial charge in [0, 0.05) is 11.1 Å². The second kappa shape index (κ2) is 5.53. The van der Waals surface area contributed by atoms with Crippen molar-refractivity contribution >= 4 is 22.7 Å². The number of pyridine rings is 1. The van der Waals surface area contributed by atoms with Gasteiger partial charge in [0.1, 0.15) is 5.56 Å². The van der Waals surface area contributed by atoms with Crippen molar-refractivity contribution in [3.8, 4) is 5.88 Å². The zero-order valence-electron chi connectivity index (χ0n) is 8.95. The smallest absolute Gasteiger partial charge is 0.366 e. The van der Waals surface area contributed by atoms with Gasteiger partial charge in [-0.05, 0) is 16.5 Å². The Morgan fingerprint density at radius 1 is 1.45 bits per heavy atom. The average molecular weight is 321 g/mol. The minimum atomic E-state index is -5.28. The molecule has 0 N–H and O–H groups in total. The number of nitro groups is 1. The van der Waals surface area contributed by atoms with E-state index in [9.17, 15) is 36.9 Å². The van der Waals surface area contributed by atoms with Gasteiger partial charge in [-0.2, -0.15) is 0 Å². The maximum Gasteiger partial charge on any atom is 0.575 e. The number of ether oxygens (including phenoxy) is 1. The number of aromatic nitrogens is 1. The molecule has 0 saturated carbocycles. The highest BCUT2D eigenvalue weighted by atomic mass is 35.5. The fourth-order valence-corrected chi connectivity index (χ4v) is 1.36. The van der Waals surface area contributed by atoms with Gasteiger partial charge in [-0.3, -0.25) is 4.79 Å². The Labute approximate surface area is 111 Å². The Hall–Kier alpha value is -2.04. The molecule has 0 fully saturated rings. The third kappa shape index (κ3) is 3.73. The maximum absolute atomic E-state index is 12.7. The third-order valence-electron chi connectivity index (χ3n) is 1.84. The van der Waals surface area contributed by atoms with Gasteiger partial charge < -0.3 is 14.9 Å². The lowest BCUT2D eigenvalue weighted by Crippen LogP contribution is -2.19. The van der Waals surface area contributed by atoms with E-state index in [2.05, 4.69) is 9.72 Å². The highest BCUT2D eigenvalue weighted by Crippen LogP contribution is 2.35. The lowest BCUT2D eigenvalue weighted by molar-refractivity contribution is -0.391. The minimum absolute atomic E-state index is 0.150. The van der Waals surface area contributed by atoms with Crippen molar-refractivity contribution in [3.63, 3.8) is 0 Å². The Kier molecular flexibility index (Phi) is 4.43. The summed E-state index contributed by atoms with van der Waals surface area (Å²) >= 11 is 4.91. The quantitative estimate of drug-likeness (QED) is 0.368. The summed E-state index contributed by atoms with van der Waals surface area (Å²) in [4.78, 5) is 22.7. The van der Waals surface area contributed by atoms with E-state index in [1.54, 1.807) is 0 Å². The molecule has 12 heteroatoms. The molecule has 0 aliphatic rings. The van der Waals surface area contributed by atoms with E-state index >= 15 is 0 Å². The first kappa shape index (κ1) is 16.0. The fraction of sp³-hybridized carbons (Fsp3) is 0.250. The standard InChI is InChI=1S/C8H2ClF5N2O4/c9-5(17)2-1-3(20-8(12,13)14)15-7(16(18)19)4(2)6(10)11/h1,6H. The zero-order valence-corrected chi connectivity index (χ0v) is 9.71. The molecule has 0 amide bonds. The summed E-state index contributed by atoms with van der Waals surface area (Å²) in [5.74, 6) is -3.09. The number of halogens is 6. The van der Waals surface area contributed by atoms with Crippen molar-refractivity contribution in [2.45, 2.75) is 12.8 Å². The molecule has 0 atom stereocenters. The van der Waals surface area contributed by atoms with Crippen LogP contribution < -0.4 is 4.74 Å². The molecule has 0 radical (unpaired) electrons. The van der Waals surface area contributed by atoms with Gasteiger partial charge in [0.05, 0.1) is 5.56 Å². The summed E-state index contributed by atoms with van der Waals surface area (Å²) < 4.78 is 64.5. The van der Waals surface area contributed by atoms with Gasteiger partial charge in [0.25, 0.3) is 11.7 Å². The van der Waals surface area contributed by atoms with Crippen molar-refractivity contribution in [3.05, 3.63) is 27.3 Å². The SMILES string of the molecule is O=C(Cl)c1cc(OC(F)(F)F)nc([N+](=O)[O-])c1C(F)F. The maximum atomic E-state index is 12.7. The van der Waals surface area contributed by atoms with Gasteiger partial charge >= 0.3 is 18.1 Å². The predicted molar refractivity (Wildman–Crippen MR) is 52.7 cm³/mol. The summed E-state index contributed by atoms with van der Waals surface area (Å²) in [5.41, 5.74) is -2.67. The molecule has 0 aromatic carbocycles. The Balaban J connectivity index is 3.55. The van der Waals surface area contributed by atoms with Crippen LogP contribution in [0.25, 0.3) is 0 Å². The van der Waals surface area contributed by atoms with Crippen molar-refractivity contribution in [1.29, 1.82) is 0 Å². The summed E-state index contributed by atoms with van der Waals surface area (Å²) in [6, 6.07) is 0.150. The zero-order chi connectivity index (χ0) is 15.7. The second-order valence-electron chi connectivity index (χ2n) is 3.12.